The van der Waals surface area contributed by atoms with Crippen LogP contribution in [0, 0.1) is 12.8 Å². The van der Waals surface area contributed by atoms with E-state index in [0.717, 1.165) is 5.56 Å². The van der Waals surface area contributed by atoms with Gasteiger partial charge in [-0.05, 0) is 43.5 Å². The number of para-hydroxylation sites is 1. The molecule has 6 heteroatoms. The predicted molar refractivity (Wildman–Crippen MR) is 105 cm³/mol. The van der Waals surface area contributed by atoms with Gasteiger partial charge in [0.05, 0.1) is 10.6 Å². The second-order valence-electron chi connectivity index (χ2n) is 6.71. The Kier molecular flexibility index (Phi) is 6.42. The van der Waals surface area contributed by atoms with Gasteiger partial charge in [-0.1, -0.05) is 50.2 Å². The molecule has 5 nitrogen and oxygen atoms in total. The summed E-state index contributed by atoms with van der Waals surface area (Å²) in [5.74, 6) is -0.0643. The molecule has 0 heterocycles. The van der Waals surface area contributed by atoms with Crippen molar-refractivity contribution in [2.24, 2.45) is 5.92 Å². The minimum absolute atomic E-state index is 0.0411. The fourth-order valence-corrected chi connectivity index (χ4v) is 3.97. The van der Waals surface area contributed by atoms with Gasteiger partial charge in [0.2, 0.25) is 5.91 Å². The van der Waals surface area contributed by atoms with Crippen LogP contribution in [-0.4, -0.2) is 26.9 Å². The molecule has 0 bridgehead atoms. The quantitative estimate of drug-likeness (QED) is 0.808. The average molecular weight is 375 g/mol. The number of carbonyl (C=O) groups excluding carboxylic acids is 1. The molecule has 0 aliphatic rings. The molecule has 1 amide bonds. The summed E-state index contributed by atoms with van der Waals surface area (Å²) in [6.45, 7) is 7.48. The standard InChI is InChI=1S/C20H26N2O3S/c1-15(2)17(4)21-20(23)14-22(19-13-9-8-10-16(19)3)26(24,25)18-11-6-5-7-12-18/h5-13,15,17H,14H2,1-4H3,(H,21,23)/t17-/m1/s1. The van der Waals surface area contributed by atoms with Crippen LogP contribution in [-0.2, 0) is 14.8 Å². The summed E-state index contributed by atoms with van der Waals surface area (Å²) >= 11 is 0. The monoisotopic (exact) mass is 374 g/mol. The molecule has 0 aliphatic heterocycles. The Morgan fingerprint density at radius 3 is 2.15 bits per heavy atom. The van der Waals surface area contributed by atoms with Gasteiger partial charge in [0.25, 0.3) is 10.0 Å². The minimum atomic E-state index is -3.86. The number of aryl methyl sites for hydroxylation is 1. The summed E-state index contributed by atoms with van der Waals surface area (Å²) in [6.07, 6.45) is 0. The summed E-state index contributed by atoms with van der Waals surface area (Å²) in [6, 6.07) is 15.3. The van der Waals surface area contributed by atoms with E-state index in [9.17, 15) is 13.2 Å². The first-order valence-corrected chi connectivity index (χ1v) is 10.1. The van der Waals surface area contributed by atoms with Crippen molar-refractivity contribution in [3.05, 3.63) is 60.2 Å². The first kappa shape index (κ1) is 20.0. The maximum absolute atomic E-state index is 13.2. The van der Waals surface area contributed by atoms with Crippen molar-refractivity contribution in [2.75, 3.05) is 10.8 Å². The fraction of sp³-hybridized carbons (Fsp3) is 0.350. The van der Waals surface area contributed by atoms with Crippen LogP contribution in [0.1, 0.15) is 26.3 Å². The van der Waals surface area contributed by atoms with Crippen LogP contribution in [0.3, 0.4) is 0 Å². The molecule has 0 aliphatic carbocycles. The predicted octanol–water partition coefficient (Wildman–Crippen LogP) is 3.35. The Bertz CT molecular complexity index is 848. The van der Waals surface area contributed by atoms with Crippen LogP contribution in [0.25, 0.3) is 0 Å². The number of carbonyl (C=O) groups is 1. The van der Waals surface area contributed by atoms with Crippen molar-refractivity contribution in [1.82, 2.24) is 5.32 Å². The molecule has 1 atom stereocenters. The Morgan fingerprint density at radius 1 is 1.00 bits per heavy atom. The van der Waals surface area contributed by atoms with E-state index in [1.165, 1.54) is 16.4 Å². The second-order valence-corrected chi connectivity index (χ2v) is 8.57. The van der Waals surface area contributed by atoms with E-state index in [1.54, 1.807) is 30.3 Å². The Balaban J connectivity index is 2.41. The molecular weight excluding hydrogens is 348 g/mol. The summed E-state index contributed by atoms with van der Waals surface area (Å²) in [5, 5.41) is 2.88. The molecule has 0 saturated carbocycles. The third-order valence-corrected chi connectivity index (χ3v) is 6.17. The molecule has 0 saturated heterocycles. The third kappa shape index (κ3) is 4.64. The molecule has 1 N–H and O–H groups in total. The number of anilines is 1. The van der Waals surface area contributed by atoms with Gasteiger partial charge in [0.15, 0.2) is 0 Å². The molecule has 0 fully saturated rings. The van der Waals surface area contributed by atoms with Gasteiger partial charge in [-0.25, -0.2) is 8.42 Å². The van der Waals surface area contributed by atoms with Crippen LogP contribution >= 0.6 is 0 Å². The molecule has 140 valence electrons. The zero-order valence-electron chi connectivity index (χ0n) is 15.6. The normalized spacial score (nSPS) is 12.7. The van der Waals surface area contributed by atoms with Gasteiger partial charge >= 0.3 is 0 Å². The maximum atomic E-state index is 13.2. The lowest BCUT2D eigenvalue weighted by atomic mass is 10.1. The summed E-state index contributed by atoms with van der Waals surface area (Å²) in [4.78, 5) is 12.7. The number of sulfonamides is 1. The number of benzene rings is 2. The lowest BCUT2D eigenvalue weighted by Crippen LogP contribution is -2.45. The van der Waals surface area contributed by atoms with Crippen LogP contribution in [0.5, 0.6) is 0 Å². The van der Waals surface area contributed by atoms with E-state index in [0.29, 0.717) is 5.69 Å². The van der Waals surface area contributed by atoms with Crippen molar-refractivity contribution in [3.8, 4) is 0 Å². The smallest absolute Gasteiger partial charge is 0.264 e. The van der Waals surface area contributed by atoms with Crippen molar-refractivity contribution in [1.29, 1.82) is 0 Å². The van der Waals surface area contributed by atoms with E-state index in [-0.39, 0.29) is 29.3 Å². The van der Waals surface area contributed by atoms with Crippen LogP contribution < -0.4 is 9.62 Å². The molecule has 0 unspecified atom stereocenters. The second kappa shape index (κ2) is 8.36. The lowest BCUT2D eigenvalue weighted by molar-refractivity contribution is -0.120. The van der Waals surface area contributed by atoms with Gasteiger partial charge in [-0.3, -0.25) is 9.10 Å². The van der Waals surface area contributed by atoms with E-state index < -0.39 is 10.0 Å². The van der Waals surface area contributed by atoms with Crippen molar-refractivity contribution in [2.45, 2.75) is 38.6 Å². The van der Waals surface area contributed by atoms with Crippen molar-refractivity contribution in [3.63, 3.8) is 0 Å². The first-order chi connectivity index (χ1) is 12.2. The molecule has 2 aromatic rings. The van der Waals surface area contributed by atoms with Crippen LogP contribution in [0.15, 0.2) is 59.5 Å². The number of hydrogen-bond acceptors (Lipinski definition) is 3. The Morgan fingerprint density at radius 2 is 1.58 bits per heavy atom. The van der Waals surface area contributed by atoms with E-state index in [1.807, 2.05) is 39.8 Å². The molecule has 2 rings (SSSR count). The summed E-state index contributed by atoms with van der Waals surface area (Å²) < 4.78 is 27.6. The van der Waals surface area contributed by atoms with E-state index in [4.69, 9.17) is 0 Å². The number of hydrogen-bond donors (Lipinski definition) is 1. The number of nitrogens with zero attached hydrogens (tertiary/aromatic N) is 1. The van der Waals surface area contributed by atoms with Crippen LogP contribution in [0.4, 0.5) is 5.69 Å². The highest BCUT2D eigenvalue weighted by molar-refractivity contribution is 7.92. The zero-order valence-corrected chi connectivity index (χ0v) is 16.5. The van der Waals surface area contributed by atoms with Gasteiger partial charge in [-0.2, -0.15) is 0 Å². The highest BCUT2D eigenvalue weighted by atomic mass is 32.2. The SMILES string of the molecule is Cc1ccccc1N(CC(=O)N[C@H](C)C(C)C)S(=O)(=O)c1ccccc1. The van der Waals surface area contributed by atoms with Gasteiger partial charge in [0, 0.05) is 6.04 Å². The highest BCUT2D eigenvalue weighted by Gasteiger charge is 2.28. The minimum Gasteiger partial charge on any atom is -0.352 e. The molecule has 0 spiro atoms. The maximum Gasteiger partial charge on any atom is 0.264 e. The van der Waals surface area contributed by atoms with Crippen LogP contribution in [0.2, 0.25) is 0 Å². The van der Waals surface area contributed by atoms with Gasteiger partial charge < -0.3 is 5.32 Å². The largest absolute Gasteiger partial charge is 0.352 e. The lowest BCUT2D eigenvalue weighted by Gasteiger charge is -2.27. The molecule has 2 aromatic carbocycles. The average Bonchev–Trinajstić information content (AvgIpc) is 2.61. The molecule has 0 aromatic heterocycles. The number of amides is 1. The molecule has 0 radical (unpaired) electrons. The van der Waals surface area contributed by atoms with E-state index >= 15 is 0 Å². The first-order valence-electron chi connectivity index (χ1n) is 8.66. The highest BCUT2D eigenvalue weighted by Crippen LogP contribution is 2.26. The van der Waals surface area contributed by atoms with Gasteiger partial charge in [0.1, 0.15) is 6.54 Å². The van der Waals surface area contributed by atoms with Crippen molar-refractivity contribution >= 4 is 21.6 Å². The molecule has 26 heavy (non-hydrogen) atoms. The van der Waals surface area contributed by atoms with Gasteiger partial charge in [-0.15, -0.1) is 0 Å². The Hall–Kier alpha value is -2.34. The Labute approximate surface area is 156 Å². The summed E-state index contributed by atoms with van der Waals surface area (Å²) in [7, 11) is -3.86. The summed E-state index contributed by atoms with van der Waals surface area (Å²) in [5.41, 5.74) is 1.29. The number of nitrogens with one attached hydrogen (secondary N) is 1. The van der Waals surface area contributed by atoms with Crippen molar-refractivity contribution < 1.29 is 13.2 Å². The fourth-order valence-electron chi connectivity index (χ4n) is 2.46. The van der Waals surface area contributed by atoms with E-state index in [2.05, 4.69) is 5.32 Å². The zero-order chi connectivity index (χ0) is 19.3. The topological polar surface area (TPSA) is 66.5 Å². The number of rotatable bonds is 7. The third-order valence-electron chi connectivity index (χ3n) is 4.39. The molecular formula is C20H26N2O3S.